The highest BCUT2D eigenvalue weighted by molar-refractivity contribution is 6.31. The molecule has 0 aliphatic heterocycles. The van der Waals surface area contributed by atoms with Crippen LogP contribution in [-0.4, -0.2) is 11.0 Å². The van der Waals surface area contributed by atoms with Crippen LogP contribution >= 0.6 is 11.6 Å². The predicted octanol–water partition coefficient (Wildman–Crippen LogP) is 3.38. The van der Waals surface area contributed by atoms with E-state index in [-0.39, 0.29) is 11.9 Å². The van der Waals surface area contributed by atoms with Crippen molar-refractivity contribution in [2.45, 2.75) is 25.3 Å². The maximum absolute atomic E-state index is 13.6. The summed E-state index contributed by atoms with van der Waals surface area (Å²) in [6.07, 6.45) is 5.62. The summed E-state index contributed by atoms with van der Waals surface area (Å²) >= 11 is 5.99. The molecule has 1 heterocycles. The summed E-state index contributed by atoms with van der Waals surface area (Å²) in [5.74, 6) is -0.288. The van der Waals surface area contributed by atoms with Crippen LogP contribution in [0.2, 0.25) is 5.02 Å². The first kappa shape index (κ1) is 14.0. The highest BCUT2D eigenvalue weighted by Gasteiger charge is 2.11. The van der Waals surface area contributed by atoms with E-state index in [4.69, 9.17) is 17.3 Å². The maximum Gasteiger partial charge on any atom is 0.127 e. The van der Waals surface area contributed by atoms with Crippen LogP contribution in [0.5, 0.6) is 0 Å². The van der Waals surface area contributed by atoms with E-state index >= 15 is 0 Å². The van der Waals surface area contributed by atoms with Gasteiger partial charge in [0.15, 0.2) is 0 Å². The van der Waals surface area contributed by atoms with Gasteiger partial charge in [-0.3, -0.25) is 4.98 Å². The smallest absolute Gasteiger partial charge is 0.127 e. The Hall–Kier alpha value is -1.45. The van der Waals surface area contributed by atoms with Gasteiger partial charge in [0.1, 0.15) is 5.82 Å². The first-order valence-corrected chi connectivity index (χ1v) is 6.62. The summed E-state index contributed by atoms with van der Waals surface area (Å²) < 4.78 is 13.6. The molecular formula is C15H16ClFN2. The largest absolute Gasteiger partial charge is 0.327 e. The van der Waals surface area contributed by atoms with Gasteiger partial charge in [-0.1, -0.05) is 23.7 Å². The van der Waals surface area contributed by atoms with Crippen LogP contribution in [0.1, 0.15) is 17.5 Å². The predicted molar refractivity (Wildman–Crippen MR) is 75.6 cm³/mol. The Morgan fingerprint density at radius 1 is 1.26 bits per heavy atom. The molecule has 0 fully saturated rings. The minimum Gasteiger partial charge on any atom is -0.327 e. The van der Waals surface area contributed by atoms with Crippen molar-refractivity contribution in [2.24, 2.45) is 5.73 Å². The number of aryl methyl sites for hydroxylation is 1. The molecule has 100 valence electrons. The Labute approximate surface area is 117 Å². The van der Waals surface area contributed by atoms with Crippen LogP contribution in [0.25, 0.3) is 0 Å². The van der Waals surface area contributed by atoms with Gasteiger partial charge in [0, 0.05) is 29.0 Å². The van der Waals surface area contributed by atoms with Crippen molar-refractivity contribution in [1.82, 2.24) is 4.98 Å². The molecule has 0 bridgehead atoms. The molecule has 4 heteroatoms. The average Bonchev–Trinajstić information content (AvgIpc) is 2.42. The molecule has 0 saturated carbocycles. The zero-order chi connectivity index (χ0) is 13.7. The van der Waals surface area contributed by atoms with Gasteiger partial charge < -0.3 is 5.73 Å². The maximum atomic E-state index is 13.6. The SMILES string of the molecule is NC(CCc1cccnc1)Cc1c(F)cccc1Cl. The summed E-state index contributed by atoms with van der Waals surface area (Å²) in [4.78, 5) is 4.05. The number of halogens is 2. The summed E-state index contributed by atoms with van der Waals surface area (Å²) in [7, 11) is 0. The normalized spacial score (nSPS) is 12.4. The van der Waals surface area contributed by atoms with E-state index in [0.29, 0.717) is 17.0 Å². The summed E-state index contributed by atoms with van der Waals surface area (Å²) in [6.45, 7) is 0. The van der Waals surface area contributed by atoms with E-state index in [2.05, 4.69) is 4.98 Å². The zero-order valence-corrected chi connectivity index (χ0v) is 11.3. The number of pyridine rings is 1. The van der Waals surface area contributed by atoms with Crippen molar-refractivity contribution in [2.75, 3.05) is 0 Å². The molecule has 2 rings (SSSR count). The minimum absolute atomic E-state index is 0.116. The summed E-state index contributed by atoms with van der Waals surface area (Å²) in [5.41, 5.74) is 7.68. The third-order valence-corrected chi connectivity index (χ3v) is 3.41. The number of hydrogen-bond donors (Lipinski definition) is 1. The van der Waals surface area contributed by atoms with Crippen LogP contribution in [0.4, 0.5) is 4.39 Å². The summed E-state index contributed by atoms with van der Waals surface area (Å²) in [5, 5.41) is 0.442. The molecule has 2 aromatic rings. The number of hydrogen-bond acceptors (Lipinski definition) is 2. The third-order valence-electron chi connectivity index (χ3n) is 3.05. The fraction of sp³-hybridized carbons (Fsp3) is 0.267. The number of rotatable bonds is 5. The summed E-state index contributed by atoms with van der Waals surface area (Å²) in [6, 6.07) is 8.49. The molecule has 1 aromatic heterocycles. The van der Waals surface area contributed by atoms with Crippen molar-refractivity contribution >= 4 is 11.6 Å². The Morgan fingerprint density at radius 2 is 2.11 bits per heavy atom. The number of nitrogens with zero attached hydrogens (tertiary/aromatic N) is 1. The molecule has 0 aliphatic rings. The van der Waals surface area contributed by atoms with Gasteiger partial charge in [-0.15, -0.1) is 0 Å². The van der Waals surface area contributed by atoms with Crippen LogP contribution in [-0.2, 0) is 12.8 Å². The monoisotopic (exact) mass is 278 g/mol. The standard InChI is InChI=1S/C15H16ClFN2/c16-14-4-1-5-15(17)13(14)9-12(18)7-6-11-3-2-8-19-10-11/h1-5,8,10,12H,6-7,9,18H2. The quantitative estimate of drug-likeness (QED) is 0.911. The van der Waals surface area contributed by atoms with Gasteiger partial charge in [0.25, 0.3) is 0 Å². The highest BCUT2D eigenvalue weighted by atomic mass is 35.5. The van der Waals surface area contributed by atoms with Gasteiger partial charge in [0.05, 0.1) is 0 Å². The number of nitrogens with two attached hydrogens (primary N) is 1. The van der Waals surface area contributed by atoms with Gasteiger partial charge in [-0.2, -0.15) is 0 Å². The second kappa shape index (κ2) is 6.64. The van der Waals surface area contributed by atoms with E-state index in [9.17, 15) is 4.39 Å². The van der Waals surface area contributed by atoms with Crippen molar-refractivity contribution in [3.63, 3.8) is 0 Å². The number of benzene rings is 1. The molecule has 0 radical (unpaired) electrons. The lowest BCUT2D eigenvalue weighted by Crippen LogP contribution is -2.24. The van der Waals surface area contributed by atoms with Crippen LogP contribution in [0.15, 0.2) is 42.7 Å². The highest BCUT2D eigenvalue weighted by Crippen LogP contribution is 2.21. The van der Waals surface area contributed by atoms with E-state index < -0.39 is 0 Å². The Bertz CT molecular complexity index is 511. The first-order chi connectivity index (χ1) is 9.16. The molecule has 0 amide bonds. The molecule has 0 spiro atoms. The number of aromatic nitrogens is 1. The molecule has 2 nitrogen and oxygen atoms in total. The van der Waals surface area contributed by atoms with Gasteiger partial charge >= 0.3 is 0 Å². The van der Waals surface area contributed by atoms with Gasteiger partial charge in [-0.05, 0) is 43.0 Å². The molecule has 2 N–H and O–H groups in total. The van der Waals surface area contributed by atoms with Crippen molar-refractivity contribution in [3.05, 3.63) is 64.7 Å². The lowest BCUT2D eigenvalue weighted by Gasteiger charge is -2.13. The molecular weight excluding hydrogens is 263 g/mol. The van der Waals surface area contributed by atoms with E-state index in [0.717, 1.165) is 18.4 Å². The van der Waals surface area contributed by atoms with Crippen molar-refractivity contribution < 1.29 is 4.39 Å². The van der Waals surface area contributed by atoms with Crippen LogP contribution < -0.4 is 5.73 Å². The van der Waals surface area contributed by atoms with Crippen molar-refractivity contribution in [1.29, 1.82) is 0 Å². The van der Waals surface area contributed by atoms with Crippen LogP contribution in [0.3, 0.4) is 0 Å². The van der Waals surface area contributed by atoms with Gasteiger partial charge in [0.2, 0.25) is 0 Å². The minimum atomic E-state index is -0.288. The first-order valence-electron chi connectivity index (χ1n) is 6.24. The topological polar surface area (TPSA) is 38.9 Å². The van der Waals surface area contributed by atoms with E-state index in [1.165, 1.54) is 6.07 Å². The Morgan fingerprint density at radius 3 is 2.79 bits per heavy atom. The van der Waals surface area contributed by atoms with Crippen LogP contribution in [0, 0.1) is 5.82 Å². The Kier molecular flexibility index (Phi) is 4.88. The molecule has 19 heavy (non-hydrogen) atoms. The second-order valence-corrected chi connectivity index (χ2v) is 4.97. The van der Waals surface area contributed by atoms with Gasteiger partial charge in [-0.25, -0.2) is 4.39 Å². The molecule has 1 atom stereocenters. The lowest BCUT2D eigenvalue weighted by molar-refractivity contribution is 0.566. The van der Waals surface area contributed by atoms with E-state index in [1.807, 2.05) is 18.3 Å². The molecule has 0 saturated heterocycles. The third kappa shape index (κ3) is 4.01. The van der Waals surface area contributed by atoms with E-state index in [1.54, 1.807) is 18.3 Å². The second-order valence-electron chi connectivity index (χ2n) is 4.56. The zero-order valence-electron chi connectivity index (χ0n) is 10.5. The van der Waals surface area contributed by atoms with Crippen molar-refractivity contribution in [3.8, 4) is 0 Å². The fourth-order valence-corrected chi connectivity index (χ4v) is 2.23. The molecule has 0 aliphatic carbocycles. The average molecular weight is 279 g/mol. The molecule has 1 aromatic carbocycles. The Balaban J connectivity index is 1.93. The fourth-order valence-electron chi connectivity index (χ4n) is 1.99. The lowest BCUT2D eigenvalue weighted by atomic mass is 10.00. The molecule has 1 unspecified atom stereocenters.